The highest BCUT2D eigenvalue weighted by atomic mass is 35.5. The molecule has 0 bridgehead atoms. The van der Waals surface area contributed by atoms with E-state index in [0.29, 0.717) is 0 Å². The molecule has 0 saturated carbocycles. The van der Waals surface area contributed by atoms with Crippen molar-refractivity contribution in [2.24, 2.45) is 17.8 Å². The van der Waals surface area contributed by atoms with Crippen molar-refractivity contribution in [3.8, 4) is 0 Å². The third kappa shape index (κ3) is 8.04. The molecule has 0 amide bonds. The van der Waals surface area contributed by atoms with E-state index in [9.17, 15) is 0 Å². The molecule has 0 atom stereocenters. The van der Waals surface area contributed by atoms with Crippen LogP contribution in [0.1, 0.15) is 52.7 Å². The minimum Gasteiger partial charge on any atom is -1.00 e. The van der Waals surface area contributed by atoms with E-state index in [1.54, 1.807) is 0 Å². The largest absolute Gasteiger partial charge is 1.00 e. The van der Waals surface area contributed by atoms with Crippen LogP contribution in [-0.4, -0.2) is 24.1 Å². The molecule has 0 aromatic heterocycles. The highest BCUT2D eigenvalue weighted by molar-refractivity contribution is 5.47. The van der Waals surface area contributed by atoms with Gasteiger partial charge >= 0.3 is 0 Å². The molecular weight excluding hydrogens is 302 g/mol. The Morgan fingerprint density at radius 3 is 1.52 bits per heavy atom. The van der Waals surface area contributed by atoms with Gasteiger partial charge in [0.05, 0.1) is 19.6 Å². The first-order valence-corrected chi connectivity index (χ1v) is 8.83. The van der Waals surface area contributed by atoms with Crippen molar-refractivity contribution in [1.82, 2.24) is 0 Å². The van der Waals surface area contributed by atoms with Gasteiger partial charge in [0.15, 0.2) is 0 Å². The Morgan fingerprint density at radius 1 is 0.826 bits per heavy atom. The van der Waals surface area contributed by atoms with Crippen molar-refractivity contribution >= 4 is 6.08 Å². The minimum absolute atomic E-state index is 0. The predicted octanol–water partition coefficient (Wildman–Crippen LogP) is 2.62. The molecule has 0 fully saturated rings. The zero-order chi connectivity index (χ0) is 16.8. The van der Waals surface area contributed by atoms with E-state index in [2.05, 4.69) is 72.4 Å². The van der Waals surface area contributed by atoms with E-state index in [4.69, 9.17) is 0 Å². The van der Waals surface area contributed by atoms with Crippen LogP contribution in [0, 0.1) is 17.8 Å². The summed E-state index contributed by atoms with van der Waals surface area (Å²) in [6.07, 6.45) is 1.92. The van der Waals surface area contributed by atoms with Crippen LogP contribution in [0.25, 0.3) is 6.08 Å². The Kier molecular flexibility index (Phi) is 9.80. The Labute approximate surface area is 150 Å². The quantitative estimate of drug-likeness (QED) is 0.608. The van der Waals surface area contributed by atoms with E-state index in [1.165, 1.54) is 35.2 Å². The molecule has 0 aliphatic carbocycles. The average molecular weight is 338 g/mol. The minimum atomic E-state index is 0. The first kappa shape index (κ1) is 22.2. The molecule has 132 valence electrons. The normalized spacial score (nSPS) is 11.9. The fourth-order valence-corrected chi connectivity index (χ4v) is 3.89. The summed E-state index contributed by atoms with van der Waals surface area (Å²) in [7, 11) is 0. The zero-order valence-corrected chi connectivity index (χ0v) is 16.7. The zero-order valence-electron chi connectivity index (χ0n) is 16.0. The monoisotopic (exact) mass is 337 g/mol. The van der Waals surface area contributed by atoms with Gasteiger partial charge in [0.1, 0.15) is 6.54 Å². The molecule has 1 nitrogen and oxygen atoms in total. The molecule has 0 aliphatic rings. The maximum atomic E-state index is 3.85. The summed E-state index contributed by atoms with van der Waals surface area (Å²) < 4.78 is 1.21. The lowest BCUT2D eigenvalue weighted by Crippen LogP contribution is -3.00. The molecule has 2 heteroatoms. The summed E-state index contributed by atoms with van der Waals surface area (Å²) in [6.45, 7) is 22.9. The van der Waals surface area contributed by atoms with E-state index < -0.39 is 0 Å². The summed E-state index contributed by atoms with van der Waals surface area (Å²) in [4.78, 5) is 0. The first-order chi connectivity index (χ1) is 10.3. The van der Waals surface area contributed by atoms with Gasteiger partial charge < -0.3 is 16.9 Å². The van der Waals surface area contributed by atoms with E-state index in [0.717, 1.165) is 24.3 Å². The molecule has 0 radical (unpaired) electrons. The van der Waals surface area contributed by atoms with Gasteiger partial charge in [0.25, 0.3) is 0 Å². The maximum absolute atomic E-state index is 3.85. The number of benzene rings is 1. The number of halogens is 1. The summed E-state index contributed by atoms with van der Waals surface area (Å²) in [5.41, 5.74) is 2.66. The van der Waals surface area contributed by atoms with Crippen LogP contribution in [-0.2, 0) is 6.54 Å². The smallest absolute Gasteiger partial charge is 0.104 e. The first-order valence-electron chi connectivity index (χ1n) is 8.83. The van der Waals surface area contributed by atoms with Gasteiger partial charge in [-0.05, 0) is 5.56 Å². The molecule has 0 N–H and O–H groups in total. The fourth-order valence-electron chi connectivity index (χ4n) is 3.89. The number of hydrogen-bond acceptors (Lipinski definition) is 0. The number of rotatable bonds is 9. The average Bonchev–Trinajstić information content (AvgIpc) is 2.36. The van der Waals surface area contributed by atoms with Gasteiger partial charge in [0, 0.05) is 23.3 Å². The summed E-state index contributed by atoms with van der Waals surface area (Å²) in [5.74, 6) is 2.18. The van der Waals surface area contributed by atoms with E-state index >= 15 is 0 Å². The molecule has 1 rings (SSSR count). The maximum Gasteiger partial charge on any atom is 0.104 e. The Bertz CT molecular complexity index is 419. The number of nitrogens with zero attached hydrogens (tertiary/aromatic N) is 1. The standard InChI is InChI=1S/C21H36N.ClH/c1-8-20-9-11-21(12-10-20)16-22(13-17(2)3,14-18(4)5)15-19(6)7;/h8-12,17-19H,1,13-16H2,2-7H3;1H/q+1;/p-1. The Hall–Kier alpha value is -0.790. The van der Waals surface area contributed by atoms with Crippen LogP contribution in [0.4, 0.5) is 0 Å². The van der Waals surface area contributed by atoms with Crippen LogP contribution in [0.2, 0.25) is 0 Å². The lowest BCUT2D eigenvalue weighted by Gasteiger charge is -2.43. The molecule has 0 unspecified atom stereocenters. The highest BCUT2D eigenvalue weighted by Gasteiger charge is 2.30. The molecule has 0 saturated heterocycles. The molecule has 0 heterocycles. The Balaban J connectivity index is 0.00000484. The molecule has 0 aliphatic heterocycles. The van der Waals surface area contributed by atoms with E-state index in [1.807, 2.05) is 6.08 Å². The van der Waals surface area contributed by atoms with Crippen molar-refractivity contribution in [2.75, 3.05) is 19.6 Å². The molecule has 0 spiro atoms. The lowest BCUT2D eigenvalue weighted by molar-refractivity contribution is -0.948. The summed E-state index contributed by atoms with van der Waals surface area (Å²) >= 11 is 0. The number of hydrogen-bond donors (Lipinski definition) is 0. The number of quaternary nitrogens is 1. The second-order valence-corrected chi connectivity index (χ2v) is 8.17. The van der Waals surface area contributed by atoms with Gasteiger partial charge in [-0.1, -0.05) is 78.5 Å². The van der Waals surface area contributed by atoms with Crippen molar-refractivity contribution in [2.45, 2.75) is 48.1 Å². The molecule has 23 heavy (non-hydrogen) atoms. The van der Waals surface area contributed by atoms with Gasteiger partial charge in [-0.2, -0.15) is 0 Å². The van der Waals surface area contributed by atoms with Crippen molar-refractivity contribution < 1.29 is 16.9 Å². The van der Waals surface area contributed by atoms with E-state index in [-0.39, 0.29) is 12.4 Å². The Morgan fingerprint density at radius 2 is 1.22 bits per heavy atom. The third-order valence-electron chi connectivity index (χ3n) is 3.99. The SMILES string of the molecule is C=Cc1ccc(C[N+](CC(C)C)(CC(C)C)CC(C)C)cc1.[Cl-]. The van der Waals surface area contributed by atoms with Crippen LogP contribution in [0.3, 0.4) is 0 Å². The van der Waals surface area contributed by atoms with Crippen LogP contribution < -0.4 is 12.4 Å². The van der Waals surface area contributed by atoms with Crippen LogP contribution in [0.15, 0.2) is 30.8 Å². The second kappa shape index (κ2) is 10.2. The highest BCUT2D eigenvalue weighted by Crippen LogP contribution is 2.23. The third-order valence-corrected chi connectivity index (χ3v) is 3.99. The van der Waals surface area contributed by atoms with Gasteiger partial charge in [-0.3, -0.25) is 0 Å². The molecule has 1 aromatic carbocycles. The topological polar surface area (TPSA) is 0 Å². The lowest BCUT2D eigenvalue weighted by atomic mass is 10.0. The summed E-state index contributed by atoms with van der Waals surface area (Å²) in [6, 6.07) is 8.95. The summed E-state index contributed by atoms with van der Waals surface area (Å²) in [5, 5.41) is 0. The van der Waals surface area contributed by atoms with Crippen molar-refractivity contribution in [3.05, 3.63) is 42.0 Å². The van der Waals surface area contributed by atoms with Crippen LogP contribution in [0.5, 0.6) is 0 Å². The van der Waals surface area contributed by atoms with Crippen LogP contribution >= 0.6 is 0 Å². The van der Waals surface area contributed by atoms with Gasteiger partial charge in [0.2, 0.25) is 0 Å². The second-order valence-electron chi connectivity index (χ2n) is 8.17. The predicted molar refractivity (Wildman–Crippen MR) is 99.6 cm³/mol. The fraction of sp³-hybridized carbons (Fsp3) is 0.619. The molecule has 1 aromatic rings. The van der Waals surface area contributed by atoms with Crippen molar-refractivity contribution in [1.29, 1.82) is 0 Å². The van der Waals surface area contributed by atoms with Gasteiger partial charge in [-0.25, -0.2) is 0 Å². The van der Waals surface area contributed by atoms with Gasteiger partial charge in [-0.15, -0.1) is 0 Å². The molecular formula is C21H36ClN. The van der Waals surface area contributed by atoms with Crippen molar-refractivity contribution in [3.63, 3.8) is 0 Å².